The van der Waals surface area contributed by atoms with E-state index in [0.29, 0.717) is 11.5 Å². The number of hydrogen-bond acceptors (Lipinski definition) is 4. The number of oxime groups is 1. The van der Waals surface area contributed by atoms with Gasteiger partial charge in [0.25, 0.3) is 0 Å². The van der Waals surface area contributed by atoms with Crippen LogP contribution in [-0.2, 0) is 13.7 Å². The molecule has 0 N–H and O–H groups in total. The van der Waals surface area contributed by atoms with Crippen LogP contribution in [0.25, 0.3) is 0 Å². The van der Waals surface area contributed by atoms with Crippen LogP contribution < -0.4 is 0 Å². The smallest absolute Gasteiger partial charge is 0.185 e. The van der Waals surface area contributed by atoms with E-state index in [-0.39, 0.29) is 11.0 Å². The minimum atomic E-state index is -1.77. The third-order valence-corrected chi connectivity index (χ3v) is 12.6. The molecule has 6 heteroatoms. The van der Waals surface area contributed by atoms with Crippen molar-refractivity contribution in [2.24, 2.45) is 39.7 Å². The predicted octanol–water partition coefficient (Wildman–Crippen LogP) is 7.86. The molecule has 0 aromatic rings. The van der Waals surface area contributed by atoms with Gasteiger partial charge < -0.3 is 13.7 Å². The Balaban J connectivity index is 1.60. The summed E-state index contributed by atoms with van der Waals surface area (Å²) < 4.78 is 13.8. The normalized spacial score (nSPS) is 45.4. The zero-order chi connectivity index (χ0) is 25.2. The fraction of sp³-hybridized carbons (Fsp3) is 0.964. The van der Waals surface area contributed by atoms with Crippen molar-refractivity contribution in [3.63, 3.8) is 0 Å². The van der Waals surface area contributed by atoms with Crippen molar-refractivity contribution in [1.29, 1.82) is 0 Å². The van der Waals surface area contributed by atoms with Crippen molar-refractivity contribution in [1.82, 2.24) is 0 Å². The van der Waals surface area contributed by atoms with Crippen LogP contribution in [0.4, 0.5) is 0 Å². The summed E-state index contributed by atoms with van der Waals surface area (Å²) >= 11 is 0. The molecule has 0 aromatic carbocycles. The Hall–Kier alpha value is -0.176. The van der Waals surface area contributed by atoms with Gasteiger partial charge in [0.1, 0.15) is 12.7 Å². The fourth-order valence-electron chi connectivity index (χ4n) is 9.39. The Morgan fingerprint density at radius 2 is 1.50 bits per heavy atom. The molecule has 0 amide bonds. The largest absolute Gasteiger partial charge is 0.415 e. The van der Waals surface area contributed by atoms with E-state index in [4.69, 9.17) is 13.7 Å². The minimum Gasteiger partial charge on any atom is -0.415 e. The van der Waals surface area contributed by atoms with Gasteiger partial charge in [0.05, 0.1) is 5.71 Å². The van der Waals surface area contributed by atoms with Gasteiger partial charge in [-0.1, -0.05) is 19.0 Å². The van der Waals surface area contributed by atoms with Crippen molar-refractivity contribution in [2.45, 2.75) is 130 Å². The Labute approximate surface area is 212 Å². The summed E-state index contributed by atoms with van der Waals surface area (Å²) in [5, 5.41) is 4.52. The average Bonchev–Trinajstić information content (AvgIpc) is 2.99. The van der Waals surface area contributed by atoms with Crippen LogP contribution in [0.1, 0.15) is 78.6 Å². The molecule has 0 aliphatic heterocycles. The lowest BCUT2D eigenvalue weighted by molar-refractivity contribution is -0.139. The van der Waals surface area contributed by atoms with Crippen LogP contribution >= 0.6 is 0 Å². The highest BCUT2D eigenvalue weighted by atomic mass is 28.4. The van der Waals surface area contributed by atoms with Crippen LogP contribution in [-0.4, -0.2) is 41.2 Å². The Morgan fingerprint density at radius 3 is 2.12 bits per heavy atom. The minimum absolute atomic E-state index is 0.155. The Kier molecular flexibility index (Phi) is 7.10. The third-order valence-electron chi connectivity index (χ3n) is 10.6. The van der Waals surface area contributed by atoms with Gasteiger partial charge in [-0.15, -0.1) is 0 Å². The zero-order valence-corrected chi connectivity index (χ0v) is 25.9. The highest BCUT2D eigenvalue weighted by Crippen LogP contribution is 2.69. The number of rotatable bonds is 6. The third kappa shape index (κ3) is 4.52. The highest BCUT2D eigenvalue weighted by molar-refractivity contribution is 6.70. The van der Waals surface area contributed by atoms with Gasteiger partial charge >= 0.3 is 0 Å². The fourth-order valence-corrected chi connectivity index (χ4v) is 12.1. The van der Waals surface area contributed by atoms with Gasteiger partial charge in [0.15, 0.2) is 16.6 Å². The van der Waals surface area contributed by atoms with Crippen LogP contribution in [0.2, 0.25) is 39.3 Å². The second-order valence-corrected chi connectivity index (χ2v) is 23.6. The first-order valence-corrected chi connectivity index (χ1v) is 20.9. The average molecular weight is 508 g/mol. The molecule has 4 rings (SSSR count). The monoisotopic (exact) mass is 507 g/mol. The summed E-state index contributed by atoms with van der Waals surface area (Å²) in [7, 11) is -1.56. The van der Waals surface area contributed by atoms with Crippen molar-refractivity contribution < 1.29 is 13.7 Å². The van der Waals surface area contributed by atoms with Crippen LogP contribution in [0.5, 0.6) is 0 Å². The van der Waals surface area contributed by atoms with Gasteiger partial charge in [0, 0.05) is 11.5 Å². The molecular formula is C28H53NO3Si2. The van der Waals surface area contributed by atoms with Gasteiger partial charge in [-0.25, -0.2) is 0 Å². The van der Waals surface area contributed by atoms with Crippen LogP contribution in [0.3, 0.4) is 0 Å². The van der Waals surface area contributed by atoms with Crippen molar-refractivity contribution in [2.75, 3.05) is 7.11 Å². The van der Waals surface area contributed by atoms with Crippen molar-refractivity contribution >= 4 is 22.3 Å². The SMILES string of the molecule is CO/N=C(\C)[C@@]1(O[Si](C)(C)C)CC[C@H]2[C@@H]3CC[C@@H]4C[C@H](O[Si](C)(C)C)CC[C@]4(C)[C@H]3CC[C@@]21C. The van der Waals surface area contributed by atoms with E-state index in [9.17, 15) is 0 Å². The van der Waals surface area contributed by atoms with E-state index in [2.05, 4.69) is 65.2 Å². The summed E-state index contributed by atoms with van der Waals surface area (Å²) in [5.74, 6) is 3.27. The summed E-state index contributed by atoms with van der Waals surface area (Å²) in [6.07, 6.45) is 12.2. The summed E-state index contributed by atoms with van der Waals surface area (Å²) in [5.41, 5.74) is 1.46. The quantitative estimate of drug-likeness (QED) is 0.209. The van der Waals surface area contributed by atoms with Crippen LogP contribution in [0.15, 0.2) is 5.16 Å². The van der Waals surface area contributed by atoms with Crippen LogP contribution in [0, 0.1) is 34.5 Å². The van der Waals surface area contributed by atoms with E-state index in [1.807, 2.05) is 0 Å². The van der Waals surface area contributed by atoms with Gasteiger partial charge in [0.2, 0.25) is 0 Å². The molecular weight excluding hydrogens is 454 g/mol. The second-order valence-electron chi connectivity index (χ2n) is 14.7. The van der Waals surface area contributed by atoms with Gasteiger partial charge in [-0.05, 0) is 133 Å². The first-order chi connectivity index (χ1) is 15.7. The van der Waals surface area contributed by atoms with Gasteiger partial charge in [-0.3, -0.25) is 0 Å². The zero-order valence-electron chi connectivity index (χ0n) is 23.9. The molecule has 0 bridgehead atoms. The molecule has 196 valence electrons. The molecule has 4 fully saturated rings. The van der Waals surface area contributed by atoms with E-state index >= 15 is 0 Å². The molecule has 34 heavy (non-hydrogen) atoms. The molecule has 0 spiro atoms. The summed E-state index contributed by atoms with van der Waals surface area (Å²) in [6, 6.07) is 0. The predicted molar refractivity (Wildman–Crippen MR) is 147 cm³/mol. The maximum atomic E-state index is 7.16. The van der Waals surface area contributed by atoms with E-state index < -0.39 is 16.6 Å². The number of hydrogen-bond donors (Lipinski definition) is 0. The van der Waals surface area contributed by atoms with Gasteiger partial charge in [-0.2, -0.15) is 0 Å². The molecule has 0 radical (unpaired) electrons. The van der Waals surface area contributed by atoms with E-state index in [1.54, 1.807) is 7.11 Å². The number of fused-ring (bicyclic) bond motifs is 5. The highest BCUT2D eigenvalue weighted by Gasteiger charge is 2.67. The maximum absolute atomic E-state index is 7.16. The molecule has 4 saturated carbocycles. The van der Waals surface area contributed by atoms with Crippen molar-refractivity contribution in [3.05, 3.63) is 0 Å². The Bertz CT molecular complexity index is 790. The Morgan fingerprint density at radius 1 is 0.824 bits per heavy atom. The molecule has 0 aromatic heterocycles. The summed E-state index contributed by atoms with van der Waals surface area (Å²) in [6.45, 7) is 21.5. The summed E-state index contributed by atoms with van der Waals surface area (Å²) in [4.78, 5) is 5.33. The lowest BCUT2D eigenvalue weighted by Gasteiger charge is -2.62. The molecule has 4 nitrogen and oxygen atoms in total. The standard InChI is InChI=1S/C28H53NO3Si2/c1-20(29-30-4)28(32-34(8,9)10)18-15-25-23-12-11-21-19-22(31-33(5,6)7)13-16-26(21,2)24(23)14-17-27(25,28)3/h21-25H,11-19H2,1-10H3/b29-20+/t21-,22-,23-,24+,25+,26+,27+,28+/m1/s1. The molecule has 4 aliphatic carbocycles. The van der Waals surface area contributed by atoms with E-state index in [0.717, 1.165) is 35.8 Å². The first-order valence-electron chi connectivity index (χ1n) is 14.1. The topological polar surface area (TPSA) is 40.0 Å². The van der Waals surface area contributed by atoms with E-state index in [1.165, 1.54) is 51.4 Å². The van der Waals surface area contributed by atoms with Crippen molar-refractivity contribution in [3.8, 4) is 0 Å². The molecule has 0 unspecified atom stereocenters. The molecule has 0 heterocycles. The second kappa shape index (κ2) is 8.99. The maximum Gasteiger partial charge on any atom is 0.185 e. The molecule has 4 aliphatic rings. The molecule has 8 atom stereocenters. The lowest BCUT2D eigenvalue weighted by atomic mass is 9.44. The first kappa shape index (κ1) is 26.9. The molecule has 0 saturated heterocycles. The number of nitrogens with zero attached hydrogens (tertiary/aromatic N) is 1. The lowest BCUT2D eigenvalue weighted by Crippen LogP contribution is -2.61.